The van der Waals surface area contributed by atoms with Crippen molar-refractivity contribution in [1.29, 1.82) is 0 Å². The first kappa shape index (κ1) is 18.5. The number of hydrogen-bond acceptors (Lipinski definition) is 0. The van der Waals surface area contributed by atoms with Gasteiger partial charge in [0, 0.05) is 5.56 Å². The van der Waals surface area contributed by atoms with Gasteiger partial charge in [-0.25, -0.2) is 0 Å². The van der Waals surface area contributed by atoms with E-state index in [1.165, 1.54) is 10.8 Å². The van der Waals surface area contributed by atoms with Crippen LogP contribution in [0.1, 0.15) is 19.4 Å². The van der Waals surface area contributed by atoms with E-state index in [0.29, 0.717) is 0 Å². The Kier molecular flexibility index (Phi) is 7.38. The molecule has 2 aromatic carbocycles. The van der Waals surface area contributed by atoms with E-state index in [1.54, 1.807) is 0 Å². The molecule has 0 aliphatic rings. The van der Waals surface area contributed by atoms with Crippen molar-refractivity contribution in [2.45, 2.75) is 13.8 Å². The normalized spacial score (nSPS) is 10.5. The highest BCUT2D eigenvalue weighted by atomic mass is 79.9. The molecule has 0 aromatic heterocycles. The summed E-state index contributed by atoms with van der Waals surface area (Å²) in [5.74, 6) is 6.77. The first-order valence-corrected chi connectivity index (χ1v) is 7.67. The summed E-state index contributed by atoms with van der Waals surface area (Å²) in [6.07, 6.45) is 2.01. The minimum Gasteiger partial charge on any atom is -1.00 e. The molecule has 0 atom stereocenters. The van der Waals surface area contributed by atoms with Gasteiger partial charge in [0.15, 0.2) is 0 Å². The molecular formula is C20H24BrN. The van der Waals surface area contributed by atoms with E-state index in [9.17, 15) is 0 Å². The molecule has 0 unspecified atom stereocenters. The molecular weight excluding hydrogens is 334 g/mol. The van der Waals surface area contributed by atoms with Crippen molar-refractivity contribution >= 4 is 10.8 Å². The molecule has 0 saturated carbocycles. The minimum atomic E-state index is 0. The van der Waals surface area contributed by atoms with E-state index in [-0.39, 0.29) is 17.0 Å². The van der Waals surface area contributed by atoms with Crippen LogP contribution in [0.3, 0.4) is 0 Å². The van der Waals surface area contributed by atoms with E-state index in [1.807, 2.05) is 6.08 Å². The molecule has 0 N–H and O–H groups in total. The van der Waals surface area contributed by atoms with Gasteiger partial charge in [0.05, 0.1) is 19.6 Å². The van der Waals surface area contributed by atoms with E-state index >= 15 is 0 Å². The summed E-state index contributed by atoms with van der Waals surface area (Å²) in [5.41, 5.74) is 1.12. The van der Waals surface area contributed by atoms with Crippen LogP contribution in [0.25, 0.3) is 10.8 Å². The molecule has 2 aromatic rings. The second-order valence-corrected chi connectivity index (χ2v) is 5.43. The van der Waals surface area contributed by atoms with Crippen molar-refractivity contribution in [3.05, 3.63) is 60.7 Å². The number of benzene rings is 2. The summed E-state index contributed by atoms with van der Waals surface area (Å²) in [4.78, 5) is 0. The number of quaternary nitrogens is 1. The van der Waals surface area contributed by atoms with Crippen LogP contribution in [0.15, 0.2) is 55.1 Å². The molecule has 0 radical (unpaired) electrons. The fraction of sp³-hybridized carbons (Fsp3) is 0.300. The third-order valence-electron chi connectivity index (χ3n) is 4.29. The molecule has 0 heterocycles. The van der Waals surface area contributed by atoms with Gasteiger partial charge in [-0.05, 0) is 42.7 Å². The number of halogens is 1. The van der Waals surface area contributed by atoms with Gasteiger partial charge >= 0.3 is 0 Å². The second-order valence-electron chi connectivity index (χ2n) is 5.43. The maximum Gasteiger partial charge on any atom is 0.141 e. The number of fused-ring (bicyclic) bond motifs is 1. The Bertz CT molecular complexity index is 669. The van der Waals surface area contributed by atoms with E-state index < -0.39 is 0 Å². The molecule has 0 aliphatic heterocycles. The Hall–Kier alpha value is -1.56. The van der Waals surface area contributed by atoms with Crippen LogP contribution in [0, 0.1) is 11.8 Å². The second kappa shape index (κ2) is 8.78. The largest absolute Gasteiger partial charge is 1.00 e. The van der Waals surface area contributed by atoms with Crippen molar-refractivity contribution < 1.29 is 21.5 Å². The lowest BCUT2D eigenvalue weighted by Crippen LogP contribution is -3.00. The van der Waals surface area contributed by atoms with E-state index in [0.717, 1.165) is 36.2 Å². The molecule has 0 spiro atoms. The van der Waals surface area contributed by atoms with Crippen LogP contribution in [0.2, 0.25) is 0 Å². The summed E-state index contributed by atoms with van der Waals surface area (Å²) in [6.45, 7) is 12.4. The maximum atomic E-state index is 3.88. The van der Waals surface area contributed by atoms with Crippen LogP contribution in [-0.2, 0) is 0 Å². The predicted octanol–water partition coefficient (Wildman–Crippen LogP) is 1.24. The highest BCUT2D eigenvalue weighted by Crippen LogP contribution is 2.17. The summed E-state index contributed by atoms with van der Waals surface area (Å²) in [6, 6.07) is 14.7. The number of likely N-dealkylation sites (N-methyl/N-ethyl adjacent to an activating group) is 1. The Balaban J connectivity index is 0.00000242. The zero-order chi connectivity index (χ0) is 15.1. The van der Waals surface area contributed by atoms with Gasteiger partial charge in [0.25, 0.3) is 0 Å². The standard InChI is InChI=1S/C20H24N.BrH/c1-4-16-21(5-2,6-3)17-10-14-19-13-9-12-18-11-7-8-15-20(18)19;/h4,7-9,11-13,15H,1,5-6,16-17H2,2-3H3;1H/q+1;/p-1. The molecule has 1 nitrogen and oxygen atoms in total. The highest BCUT2D eigenvalue weighted by Gasteiger charge is 2.19. The Morgan fingerprint density at radius 1 is 1.05 bits per heavy atom. The van der Waals surface area contributed by atoms with Gasteiger partial charge < -0.3 is 21.5 Å². The first-order valence-electron chi connectivity index (χ1n) is 7.67. The zero-order valence-corrected chi connectivity index (χ0v) is 15.1. The highest BCUT2D eigenvalue weighted by molar-refractivity contribution is 5.88. The van der Waals surface area contributed by atoms with Gasteiger partial charge in [-0.15, -0.1) is 0 Å². The van der Waals surface area contributed by atoms with Crippen molar-refractivity contribution in [3.63, 3.8) is 0 Å². The van der Waals surface area contributed by atoms with Crippen molar-refractivity contribution in [2.24, 2.45) is 0 Å². The molecule has 2 heteroatoms. The SMILES string of the molecule is C=CC[N+](CC)(CC)CC#Cc1cccc2ccccc12.[Br-]. The first-order chi connectivity index (χ1) is 10.2. The third kappa shape index (κ3) is 4.22. The molecule has 0 saturated heterocycles. The molecule has 0 aliphatic carbocycles. The Morgan fingerprint density at radius 3 is 2.41 bits per heavy atom. The van der Waals surface area contributed by atoms with Crippen molar-refractivity contribution in [2.75, 3.05) is 26.2 Å². The van der Waals surface area contributed by atoms with Crippen molar-refractivity contribution in [3.8, 4) is 11.8 Å². The summed E-state index contributed by atoms with van der Waals surface area (Å²) in [7, 11) is 0. The topological polar surface area (TPSA) is 0 Å². The van der Waals surface area contributed by atoms with Crippen LogP contribution in [-0.4, -0.2) is 30.7 Å². The average Bonchev–Trinajstić information content (AvgIpc) is 2.54. The quantitative estimate of drug-likeness (QED) is 0.429. The van der Waals surface area contributed by atoms with E-state index in [4.69, 9.17) is 0 Å². The molecule has 0 amide bonds. The maximum absolute atomic E-state index is 3.88. The van der Waals surface area contributed by atoms with Gasteiger partial charge in [-0.1, -0.05) is 48.9 Å². The lowest BCUT2D eigenvalue weighted by molar-refractivity contribution is -0.912. The summed E-state index contributed by atoms with van der Waals surface area (Å²) >= 11 is 0. The molecule has 116 valence electrons. The minimum absolute atomic E-state index is 0. The third-order valence-corrected chi connectivity index (χ3v) is 4.29. The monoisotopic (exact) mass is 357 g/mol. The number of rotatable bonds is 5. The van der Waals surface area contributed by atoms with Crippen LogP contribution >= 0.6 is 0 Å². The predicted molar refractivity (Wildman–Crippen MR) is 92.1 cm³/mol. The molecule has 2 rings (SSSR count). The Morgan fingerprint density at radius 2 is 1.73 bits per heavy atom. The summed E-state index contributed by atoms with van der Waals surface area (Å²) < 4.78 is 0.987. The van der Waals surface area contributed by atoms with Gasteiger partial charge in [-0.2, -0.15) is 0 Å². The van der Waals surface area contributed by atoms with Gasteiger partial charge in [-0.3, -0.25) is 0 Å². The fourth-order valence-electron chi connectivity index (χ4n) is 2.68. The zero-order valence-electron chi connectivity index (χ0n) is 13.5. The van der Waals surface area contributed by atoms with Crippen LogP contribution < -0.4 is 17.0 Å². The lowest BCUT2D eigenvalue weighted by atomic mass is 10.1. The van der Waals surface area contributed by atoms with E-state index in [2.05, 4.69) is 74.7 Å². The number of hydrogen-bond donors (Lipinski definition) is 0. The molecule has 0 bridgehead atoms. The van der Waals surface area contributed by atoms with Crippen LogP contribution in [0.4, 0.5) is 0 Å². The fourth-order valence-corrected chi connectivity index (χ4v) is 2.68. The average molecular weight is 358 g/mol. The lowest BCUT2D eigenvalue weighted by Gasteiger charge is -2.33. The summed E-state index contributed by atoms with van der Waals surface area (Å²) in [5, 5.41) is 2.49. The Labute approximate surface area is 145 Å². The smallest absolute Gasteiger partial charge is 0.141 e. The molecule has 0 fully saturated rings. The number of nitrogens with zero attached hydrogens (tertiary/aromatic N) is 1. The molecule has 22 heavy (non-hydrogen) atoms. The van der Waals surface area contributed by atoms with Crippen LogP contribution in [0.5, 0.6) is 0 Å². The van der Waals surface area contributed by atoms with Gasteiger partial charge in [0.1, 0.15) is 6.54 Å². The van der Waals surface area contributed by atoms with Crippen molar-refractivity contribution in [1.82, 2.24) is 0 Å². The van der Waals surface area contributed by atoms with Gasteiger partial charge in [0.2, 0.25) is 0 Å².